The fourth-order valence-corrected chi connectivity index (χ4v) is 18.7. The van der Waals surface area contributed by atoms with Gasteiger partial charge < -0.3 is 38.7 Å². The fraction of sp³-hybridized carbons (Fsp3) is 0.425. The largest absolute Gasteiger partial charge is 0.350 e. The molecule has 6 aliphatic rings. The van der Waals surface area contributed by atoms with Gasteiger partial charge in [-0.15, -0.1) is 0 Å². The van der Waals surface area contributed by atoms with E-state index < -0.39 is 31.8 Å². The van der Waals surface area contributed by atoms with Gasteiger partial charge in [-0.2, -0.15) is 34.9 Å². The molecular weight excluding hydrogens is 1420 g/mol. The Balaban J connectivity index is 0.000000127. The Hall–Kier alpha value is -8.94. The quantitative estimate of drug-likeness (QED) is 0.0686. The normalized spacial score (nSPS) is 20.9. The second-order valence-electron chi connectivity index (χ2n) is 30.2. The number of aryl methyl sites for hydroxylation is 2. The number of aromatic amines is 2. The van der Waals surface area contributed by atoms with Gasteiger partial charge in [0.15, 0.2) is 11.6 Å². The van der Waals surface area contributed by atoms with Crippen molar-refractivity contribution in [3.63, 3.8) is 0 Å². The van der Waals surface area contributed by atoms with Crippen LogP contribution >= 0.6 is 0 Å². The number of aromatic nitrogens is 6. The molecule has 4 aliphatic heterocycles. The number of H-pyrrole nitrogens is 2. The molecule has 10 aromatic rings. The molecule has 4 aromatic heterocycles. The summed E-state index contributed by atoms with van der Waals surface area (Å²) < 4.78 is 90.2. The number of carbonyl (C=O) groups excluding carboxylic acids is 2. The van der Waals surface area contributed by atoms with Crippen LogP contribution in [0, 0.1) is 23.5 Å². The van der Waals surface area contributed by atoms with Gasteiger partial charge in [0.2, 0.25) is 0 Å². The summed E-state index contributed by atoms with van der Waals surface area (Å²) in [4.78, 5) is 89.4. The first-order valence-electron chi connectivity index (χ1n) is 37.0. The number of para-hydroxylation sites is 2. The molecule has 2 aliphatic carbocycles. The summed E-state index contributed by atoms with van der Waals surface area (Å²) >= 11 is 0. The van der Waals surface area contributed by atoms with Crippen molar-refractivity contribution in [2.24, 2.45) is 25.9 Å². The third kappa shape index (κ3) is 16.5. The van der Waals surface area contributed by atoms with Crippen molar-refractivity contribution < 1.29 is 35.2 Å². The zero-order valence-corrected chi connectivity index (χ0v) is 64.0. The minimum atomic E-state index is -3.41. The molecule has 572 valence electrons. The van der Waals surface area contributed by atoms with Gasteiger partial charge in [0, 0.05) is 175 Å². The van der Waals surface area contributed by atoms with Crippen LogP contribution in [0.4, 0.5) is 8.78 Å². The number of fused-ring (bicyclic) bond motifs is 6. The third-order valence-corrected chi connectivity index (χ3v) is 26.1. The lowest BCUT2D eigenvalue weighted by molar-refractivity contribution is 0.0830. The number of nitrogens with one attached hydrogen (secondary N) is 4. The second kappa shape index (κ2) is 32.3. The summed E-state index contributed by atoms with van der Waals surface area (Å²) in [5, 5.41) is 3.73. The molecule has 6 atom stereocenters. The van der Waals surface area contributed by atoms with E-state index in [2.05, 4.69) is 125 Å². The molecule has 4 fully saturated rings. The average Bonchev–Trinajstić information content (AvgIpc) is 1.54. The van der Waals surface area contributed by atoms with E-state index >= 15 is 0 Å². The van der Waals surface area contributed by atoms with Gasteiger partial charge in [0.25, 0.3) is 31.5 Å². The molecule has 108 heavy (non-hydrogen) atoms. The Bertz CT molecular complexity index is 5130. The van der Waals surface area contributed by atoms with E-state index in [-0.39, 0.29) is 58.2 Å². The first-order chi connectivity index (χ1) is 51.6. The van der Waals surface area contributed by atoms with E-state index in [0.29, 0.717) is 109 Å². The van der Waals surface area contributed by atoms with Crippen LogP contribution in [0.3, 0.4) is 0 Å². The summed E-state index contributed by atoms with van der Waals surface area (Å²) in [6, 6.07) is 39.0. The fourth-order valence-electron chi connectivity index (χ4n) is 17.1. The minimum Gasteiger partial charge on any atom is -0.350 e. The van der Waals surface area contributed by atoms with Gasteiger partial charge >= 0.3 is 11.4 Å². The van der Waals surface area contributed by atoms with Crippen LogP contribution in [0.2, 0.25) is 0 Å². The molecule has 8 heterocycles. The first kappa shape index (κ1) is 77.2. The summed E-state index contributed by atoms with van der Waals surface area (Å²) in [5.41, 5.74) is 8.86. The van der Waals surface area contributed by atoms with E-state index in [1.165, 1.54) is 110 Å². The predicted octanol–water partition coefficient (Wildman–Crippen LogP) is 7.42. The molecule has 4 saturated heterocycles. The number of ketones is 2. The highest BCUT2D eigenvalue weighted by molar-refractivity contribution is 7.87. The molecule has 6 aromatic carbocycles. The smallest absolute Gasteiger partial charge is 0.328 e. The van der Waals surface area contributed by atoms with Gasteiger partial charge in [0.1, 0.15) is 11.6 Å². The molecule has 4 N–H and O–H groups in total. The lowest BCUT2D eigenvalue weighted by Gasteiger charge is -2.45. The minimum absolute atomic E-state index is 0.0480. The zero-order chi connectivity index (χ0) is 76.6. The summed E-state index contributed by atoms with van der Waals surface area (Å²) in [6.07, 6.45) is 11.1. The maximum atomic E-state index is 13.0. The average molecular weight is 1520 g/mol. The van der Waals surface area contributed by atoms with E-state index in [1.54, 1.807) is 76.7 Å². The van der Waals surface area contributed by atoms with E-state index in [0.717, 1.165) is 65.0 Å². The van der Waals surface area contributed by atoms with Gasteiger partial charge in [-0.3, -0.25) is 28.3 Å². The zero-order valence-electron chi connectivity index (χ0n) is 62.3. The van der Waals surface area contributed by atoms with Crippen LogP contribution in [0.5, 0.6) is 0 Å². The van der Waals surface area contributed by atoms with Crippen LogP contribution in [0.25, 0.3) is 43.6 Å². The Labute approximate surface area is 626 Å². The number of benzene rings is 6. The monoisotopic (exact) mass is 1510 g/mol. The molecule has 0 spiro atoms. The molecule has 0 radical (unpaired) electrons. The van der Waals surface area contributed by atoms with Crippen LogP contribution in [0.1, 0.15) is 93.3 Å². The highest BCUT2D eigenvalue weighted by Gasteiger charge is 2.43. The molecule has 0 amide bonds. The van der Waals surface area contributed by atoms with Crippen molar-refractivity contribution in [1.82, 2.24) is 65.9 Å². The van der Waals surface area contributed by atoms with E-state index in [9.17, 15) is 54.4 Å². The highest BCUT2D eigenvalue weighted by Crippen LogP contribution is 2.45. The molecule has 28 heteroatoms. The molecule has 0 unspecified atom stereocenters. The number of nitrogens with zero attached hydrogens (tertiary/aromatic N) is 10. The number of hydrogen-bond donors (Lipinski definition) is 4. The third-order valence-electron chi connectivity index (χ3n) is 22.9. The molecular formula is C80H96F2N14O10S2. The van der Waals surface area contributed by atoms with Crippen molar-refractivity contribution in [3.8, 4) is 0 Å². The number of likely N-dealkylation sites (N-methyl/N-ethyl adjacent to an activating group) is 2. The van der Waals surface area contributed by atoms with Gasteiger partial charge in [0.05, 0.1) is 21.8 Å². The number of Topliss-reactive ketones (excluding diaryl/α,β-unsaturated/α-hetero) is 2. The van der Waals surface area contributed by atoms with Crippen LogP contribution < -0.4 is 31.9 Å². The Morgan fingerprint density at radius 2 is 0.843 bits per heavy atom. The number of carbonyl (C=O) groups is 2. The molecule has 0 bridgehead atoms. The van der Waals surface area contributed by atoms with Crippen LogP contribution in [0.15, 0.2) is 165 Å². The van der Waals surface area contributed by atoms with Gasteiger partial charge in [-0.05, 0) is 199 Å². The maximum absolute atomic E-state index is 13.0. The topological polar surface area (TPSA) is 266 Å². The van der Waals surface area contributed by atoms with E-state index in [4.69, 9.17) is 0 Å². The lowest BCUT2D eigenvalue weighted by Crippen LogP contribution is -2.56. The van der Waals surface area contributed by atoms with Crippen molar-refractivity contribution >= 4 is 75.6 Å². The number of hydrogen-bond acceptors (Lipinski definition) is 14. The number of rotatable bonds is 16. The van der Waals surface area contributed by atoms with Crippen molar-refractivity contribution in [3.05, 3.63) is 233 Å². The Morgan fingerprint density at radius 1 is 0.481 bits per heavy atom. The van der Waals surface area contributed by atoms with Crippen LogP contribution in [-0.4, -0.2) is 204 Å². The van der Waals surface area contributed by atoms with Crippen molar-refractivity contribution in [2.75, 3.05) is 94.6 Å². The Kier molecular flexibility index (Phi) is 23.1. The first-order valence-corrected chi connectivity index (χ1v) is 39.9. The standard InChI is InChI=1S/2C22H22FN3O3.2C18H26N4O2S/c2*23-17-7-5-15(6-8-17)20(27)16-9-11-25(12-10-16)13-14-26-21(28)18-3-1-2-4-19(18)24-22(26)29;2*1-20(2)25(23,24)19-13-9-15-14-6-5-7-16-18(14)12(10-21(16)3)8-17(15)22(4)11-13/h2*1-8,16H,9-14H2,(H,24,29);2*5-7,10,13,15,17,19H,8-9,11H2,1-4H3/t;;2*13-,15+,17+/m..00/s1. The van der Waals surface area contributed by atoms with Crippen LogP contribution in [-0.2, 0) is 60.4 Å². The summed E-state index contributed by atoms with van der Waals surface area (Å²) in [5.74, 6) is -0.0595. The summed E-state index contributed by atoms with van der Waals surface area (Å²) in [6.45, 7) is 6.10. The SMILES string of the molecule is CN1C[C@@H](NS(=O)(=O)N(C)C)C[C@@H]2c3cccc4c3c(cn4C)C[C@H]21.CN1C[C@@H](NS(=O)(=O)N(C)C)C[C@@H]2c3cccc4c3c(cn4C)C[C@H]21.O=C(c1ccc(F)cc1)C1CCN(CCn2c(=O)[nH]c3ccccc3c2=O)CC1.O=C(c1ccc(F)cc1)C1CCN(CCn2c(=O)[nH]c3ccccc3c2=O)CC1. The summed E-state index contributed by atoms with van der Waals surface area (Å²) in [7, 11) is 7.85. The Morgan fingerprint density at radius 3 is 1.20 bits per heavy atom. The molecule has 24 nitrogen and oxygen atoms in total. The number of likely N-dealkylation sites (tertiary alicyclic amines) is 4. The molecule has 16 rings (SSSR count). The predicted molar refractivity (Wildman–Crippen MR) is 417 cm³/mol. The van der Waals surface area contributed by atoms with Gasteiger partial charge in [-0.1, -0.05) is 48.5 Å². The number of piperidine rings is 4. The molecule has 0 saturated carbocycles. The number of halogens is 2. The lowest BCUT2D eigenvalue weighted by atomic mass is 9.74. The maximum Gasteiger partial charge on any atom is 0.328 e. The van der Waals surface area contributed by atoms with Crippen molar-refractivity contribution in [1.29, 1.82) is 0 Å². The van der Waals surface area contributed by atoms with Crippen molar-refractivity contribution in [2.45, 2.75) is 100 Å². The van der Waals surface area contributed by atoms with E-state index in [1.807, 2.05) is 0 Å². The second-order valence-corrected chi connectivity index (χ2v) is 34.0. The van der Waals surface area contributed by atoms with Gasteiger partial charge in [-0.25, -0.2) is 18.4 Å². The highest BCUT2D eigenvalue weighted by atomic mass is 32.2.